The molecule has 3 heteroatoms. The number of aryl methyl sites for hydroxylation is 2. The van der Waals surface area contributed by atoms with Crippen molar-refractivity contribution in [3.63, 3.8) is 0 Å². The van der Waals surface area contributed by atoms with Crippen molar-refractivity contribution < 1.29 is 0 Å². The lowest BCUT2D eigenvalue weighted by Gasteiger charge is -2.25. The Morgan fingerprint density at radius 2 is 1.76 bits per heavy atom. The van der Waals surface area contributed by atoms with Gasteiger partial charge in [0, 0.05) is 5.69 Å². The summed E-state index contributed by atoms with van der Waals surface area (Å²) < 4.78 is 0. The molecule has 3 aromatic carbocycles. The highest BCUT2D eigenvalue weighted by Crippen LogP contribution is 2.42. The maximum Gasteiger partial charge on any atom is 0.197 e. The summed E-state index contributed by atoms with van der Waals surface area (Å²) in [4.78, 5) is 1.88. The molecule has 2 aliphatic carbocycles. The van der Waals surface area contributed by atoms with E-state index in [1.807, 2.05) is 4.90 Å². The van der Waals surface area contributed by atoms with Gasteiger partial charge in [-0.25, -0.2) is 0 Å². The van der Waals surface area contributed by atoms with Crippen LogP contribution in [0.4, 0.5) is 11.4 Å². The van der Waals surface area contributed by atoms with Gasteiger partial charge in [0.05, 0.1) is 5.69 Å². The minimum Gasteiger partial charge on any atom is -0.369 e. The molecule has 1 saturated carbocycles. The molecule has 0 amide bonds. The predicted molar refractivity (Wildman–Crippen MR) is 104 cm³/mol. The van der Waals surface area contributed by atoms with Gasteiger partial charge in [-0.1, -0.05) is 36.4 Å². The van der Waals surface area contributed by atoms with Crippen molar-refractivity contribution in [2.75, 3.05) is 4.90 Å². The zero-order valence-corrected chi connectivity index (χ0v) is 14.1. The van der Waals surface area contributed by atoms with Gasteiger partial charge in [-0.2, -0.15) is 0 Å². The molecule has 0 aromatic heterocycles. The number of benzene rings is 3. The number of nitrogens with one attached hydrogen (secondary N) is 1. The van der Waals surface area contributed by atoms with E-state index in [4.69, 9.17) is 11.1 Å². The van der Waals surface area contributed by atoms with E-state index in [2.05, 4.69) is 54.6 Å². The average Bonchev–Trinajstić information content (AvgIpc) is 3.38. The highest BCUT2D eigenvalue weighted by molar-refractivity contribution is 6.05. The first-order chi connectivity index (χ1) is 12.2. The SMILES string of the molecule is N=C(N)N(c1ccc(C2CC2)cc1)c1ccc2cccc3c2c1CC3. The van der Waals surface area contributed by atoms with Crippen LogP contribution in [0.3, 0.4) is 0 Å². The van der Waals surface area contributed by atoms with Crippen LogP contribution in [0.15, 0.2) is 54.6 Å². The second-order valence-electron chi connectivity index (χ2n) is 7.16. The van der Waals surface area contributed by atoms with Gasteiger partial charge in [0.15, 0.2) is 5.96 Å². The van der Waals surface area contributed by atoms with E-state index in [0.29, 0.717) is 0 Å². The topological polar surface area (TPSA) is 53.1 Å². The maximum atomic E-state index is 8.18. The molecule has 0 heterocycles. The average molecular weight is 327 g/mol. The second-order valence-corrected chi connectivity index (χ2v) is 7.16. The summed E-state index contributed by atoms with van der Waals surface area (Å²) in [6.45, 7) is 0. The van der Waals surface area contributed by atoms with Crippen LogP contribution >= 0.6 is 0 Å². The lowest BCUT2D eigenvalue weighted by atomic mass is 10.0. The molecular weight excluding hydrogens is 306 g/mol. The Hall–Kier alpha value is -2.81. The molecule has 0 unspecified atom stereocenters. The smallest absolute Gasteiger partial charge is 0.197 e. The van der Waals surface area contributed by atoms with Crippen molar-refractivity contribution in [1.82, 2.24) is 0 Å². The Morgan fingerprint density at radius 3 is 2.48 bits per heavy atom. The molecule has 1 fully saturated rings. The minimum absolute atomic E-state index is 0.0687. The van der Waals surface area contributed by atoms with Crippen molar-refractivity contribution in [1.29, 1.82) is 5.41 Å². The van der Waals surface area contributed by atoms with Gasteiger partial charge < -0.3 is 5.73 Å². The number of hydrogen-bond donors (Lipinski definition) is 2. The van der Waals surface area contributed by atoms with Crippen LogP contribution in [0.1, 0.15) is 35.4 Å². The number of nitrogens with zero attached hydrogens (tertiary/aromatic N) is 1. The fraction of sp³-hybridized carbons (Fsp3) is 0.227. The predicted octanol–water partition coefficient (Wildman–Crippen LogP) is 4.85. The Kier molecular flexibility index (Phi) is 3.11. The Bertz CT molecular complexity index is 984. The molecule has 2 aliphatic rings. The number of hydrogen-bond acceptors (Lipinski definition) is 1. The standard InChI is InChI=1S/C22H21N3/c23-22(24)25(18-10-6-15(7-11-18)14-4-5-14)20-13-9-17-3-1-2-16-8-12-19(20)21(16)17/h1-3,6-7,9-11,13-14H,4-5,8,12H2,(H3,23,24). The molecule has 25 heavy (non-hydrogen) atoms. The molecule has 0 spiro atoms. The molecule has 3 N–H and O–H groups in total. The first kappa shape index (κ1) is 14.5. The van der Waals surface area contributed by atoms with Crippen LogP contribution in [0.5, 0.6) is 0 Å². The first-order valence-corrected chi connectivity index (χ1v) is 9.00. The third-order valence-electron chi connectivity index (χ3n) is 5.54. The van der Waals surface area contributed by atoms with Gasteiger partial charge in [-0.05, 0) is 77.3 Å². The Morgan fingerprint density at radius 1 is 0.960 bits per heavy atom. The number of anilines is 2. The van der Waals surface area contributed by atoms with Crippen LogP contribution < -0.4 is 10.6 Å². The number of nitrogens with two attached hydrogens (primary N) is 1. The second kappa shape index (κ2) is 5.35. The molecule has 5 rings (SSSR count). The highest BCUT2D eigenvalue weighted by Gasteiger charge is 2.25. The summed E-state index contributed by atoms with van der Waals surface area (Å²) >= 11 is 0. The van der Waals surface area contributed by atoms with E-state index in [9.17, 15) is 0 Å². The van der Waals surface area contributed by atoms with E-state index in [1.54, 1.807) is 0 Å². The number of guanidine groups is 1. The van der Waals surface area contributed by atoms with Gasteiger partial charge in [0.25, 0.3) is 0 Å². The lowest BCUT2D eigenvalue weighted by molar-refractivity contribution is 1.02. The van der Waals surface area contributed by atoms with Crippen molar-refractivity contribution in [3.05, 3.63) is 71.3 Å². The summed E-state index contributed by atoms with van der Waals surface area (Å²) in [6.07, 6.45) is 4.67. The van der Waals surface area contributed by atoms with E-state index in [-0.39, 0.29) is 5.96 Å². The fourth-order valence-electron chi connectivity index (χ4n) is 4.18. The third kappa shape index (κ3) is 2.30. The van der Waals surface area contributed by atoms with Crippen molar-refractivity contribution >= 4 is 28.1 Å². The number of rotatable bonds is 3. The van der Waals surface area contributed by atoms with Crippen molar-refractivity contribution in [2.24, 2.45) is 5.73 Å². The van der Waals surface area contributed by atoms with E-state index >= 15 is 0 Å². The monoisotopic (exact) mass is 327 g/mol. The summed E-state index contributed by atoms with van der Waals surface area (Å²) in [5.41, 5.74) is 12.1. The zero-order valence-electron chi connectivity index (χ0n) is 14.1. The first-order valence-electron chi connectivity index (χ1n) is 9.00. The highest BCUT2D eigenvalue weighted by atomic mass is 15.2. The lowest BCUT2D eigenvalue weighted by Crippen LogP contribution is -2.32. The van der Waals surface area contributed by atoms with Gasteiger partial charge in [0.2, 0.25) is 0 Å². The molecule has 3 nitrogen and oxygen atoms in total. The van der Waals surface area contributed by atoms with Crippen LogP contribution in [0, 0.1) is 5.41 Å². The maximum absolute atomic E-state index is 8.18. The normalized spacial score (nSPS) is 15.5. The molecule has 0 atom stereocenters. The third-order valence-corrected chi connectivity index (χ3v) is 5.54. The fourth-order valence-corrected chi connectivity index (χ4v) is 4.18. The molecule has 0 saturated heterocycles. The molecule has 0 aliphatic heterocycles. The summed E-state index contributed by atoms with van der Waals surface area (Å²) in [5.74, 6) is 0.805. The Labute approximate surface area is 147 Å². The Balaban J connectivity index is 1.64. The van der Waals surface area contributed by atoms with Gasteiger partial charge in [-0.3, -0.25) is 10.3 Å². The molecule has 0 radical (unpaired) electrons. The quantitative estimate of drug-likeness (QED) is 0.534. The van der Waals surface area contributed by atoms with Gasteiger partial charge in [0.1, 0.15) is 0 Å². The van der Waals surface area contributed by atoms with E-state index in [0.717, 1.165) is 30.1 Å². The molecule has 124 valence electrons. The van der Waals surface area contributed by atoms with Crippen molar-refractivity contribution in [3.8, 4) is 0 Å². The van der Waals surface area contributed by atoms with Crippen molar-refractivity contribution in [2.45, 2.75) is 31.6 Å². The van der Waals surface area contributed by atoms with E-state index in [1.165, 1.54) is 40.3 Å². The van der Waals surface area contributed by atoms with Crippen LogP contribution in [0.2, 0.25) is 0 Å². The van der Waals surface area contributed by atoms with Crippen LogP contribution in [-0.4, -0.2) is 5.96 Å². The van der Waals surface area contributed by atoms with Crippen LogP contribution in [0.25, 0.3) is 10.8 Å². The van der Waals surface area contributed by atoms with Gasteiger partial charge >= 0.3 is 0 Å². The van der Waals surface area contributed by atoms with Crippen LogP contribution in [-0.2, 0) is 12.8 Å². The molecule has 0 bridgehead atoms. The zero-order chi connectivity index (χ0) is 17.0. The summed E-state index contributed by atoms with van der Waals surface area (Å²) in [5, 5.41) is 10.8. The molecular formula is C22H21N3. The molecule has 3 aromatic rings. The summed E-state index contributed by atoms with van der Waals surface area (Å²) in [6, 6.07) is 19.4. The minimum atomic E-state index is 0.0687. The van der Waals surface area contributed by atoms with Gasteiger partial charge in [-0.15, -0.1) is 0 Å². The summed E-state index contributed by atoms with van der Waals surface area (Å²) in [7, 11) is 0. The largest absolute Gasteiger partial charge is 0.369 e. The van der Waals surface area contributed by atoms with E-state index < -0.39 is 0 Å².